The molecule has 1 aromatic heterocycles. The van der Waals surface area contributed by atoms with Gasteiger partial charge in [0.25, 0.3) is 0 Å². The van der Waals surface area contributed by atoms with E-state index in [4.69, 9.17) is 5.73 Å². The third kappa shape index (κ3) is 4.33. The number of hydrogen-bond donors (Lipinski definition) is 2. The van der Waals surface area contributed by atoms with Crippen molar-refractivity contribution >= 4 is 23.6 Å². The smallest absolute Gasteiger partial charge is 0.236 e. The molecular weight excluding hydrogens is 252 g/mol. The second-order valence-electron chi connectivity index (χ2n) is 3.83. The minimum absolute atomic E-state index is 0.147. The van der Waals surface area contributed by atoms with Crippen LogP contribution in [0.5, 0.6) is 0 Å². The molecule has 0 saturated carbocycles. The van der Waals surface area contributed by atoms with Gasteiger partial charge in [0.2, 0.25) is 11.8 Å². The summed E-state index contributed by atoms with van der Waals surface area (Å²) in [5.74, 6) is -0.667. The van der Waals surface area contributed by atoms with Crippen molar-refractivity contribution in [1.82, 2.24) is 15.3 Å². The van der Waals surface area contributed by atoms with Gasteiger partial charge in [0.15, 0.2) is 5.16 Å². The molecule has 0 aliphatic carbocycles. The number of carbonyl (C=O) groups is 2. The van der Waals surface area contributed by atoms with Crippen LogP contribution in [0.4, 0.5) is 0 Å². The molecule has 1 heterocycles. The van der Waals surface area contributed by atoms with E-state index in [1.165, 1.54) is 11.8 Å². The molecule has 7 heteroatoms. The number of nitrogens with zero attached hydrogens (tertiary/aromatic N) is 2. The van der Waals surface area contributed by atoms with Crippen LogP contribution in [0.2, 0.25) is 0 Å². The van der Waals surface area contributed by atoms with Gasteiger partial charge >= 0.3 is 0 Å². The lowest BCUT2D eigenvalue weighted by Crippen LogP contribution is -2.34. The fourth-order valence-corrected chi connectivity index (χ4v) is 1.94. The molecule has 0 saturated heterocycles. The highest BCUT2D eigenvalue weighted by Gasteiger charge is 2.08. The summed E-state index contributed by atoms with van der Waals surface area (Å²) < 4.78 is 0. The molecule has 0 atom stereocenters. The number of primary amides is 1. The number of nitrogens with two attached hydrogens (primary N) is 1. The van der Waals surface area contributed by atoms with E-state index in [-0.39, 0.29) is 18.2 Å². The van der Waals surface area contributed by atoms with Crippen LogP contribution in [0.25, 0.3) is 0 Å². The average molecular weight is 268 g/mol. The molecule has 6 nitrogen and oxygen atoms in total. The quantitative estimate of drug-likeness (QED) is 0.583. The zero-order valence-electron chi connectivity index (χ0n) is 10.6. The molecule has 0 aliphatic heterocycles. The van der Waals surface area contributed by atoms with E-state index >= 15 is 0 Å². The summed E-state index contributed by atoms with van der Waals surface area (Å²) in [6, 6.07) is 0. The molecule has 0 aromatic carbocycles. The molecule has 0 spiro atoms. The number of carbonyl (C=O) groups excluding carboxylic acids is 2. The van der Waals surface area contributed by atoms with E-state index in [1.54, 1.807) is 0 Å². The number of amides is 2. The Morgan fingerprint density at radius 2 is 1.78 bits per heavy atom. The van der Waals surface area contributed by atoms with Gasteiger partial charge in [-0.15, -0.1) is 0 Å². The first-order chi connectivity index (χ1) is 8.40. The summed E-state index contributed by atoms with van der Waals surface area (Å²) in [6.45, 7) is 5.62. The molecule has 18 heavy (non-hydrogen) atoms. The Hall–Kier alpha value is -1.63. The predicted molar refractivity (Wildman–Crippen MR) is 69.2 cm³/mol. The van der Waals surface area contributed by atoms with Gasteiger partial charge in [-0.3, -0.25) is 9.59 Å². The van der Waals surface area contributed by atoms with Crippen molar-refractivity contribution in [2.45, 2.75) is 25.9 Å². The Kier molecular flexibility index (Phi) is 5.08. The fraction of sp³-hybridized carbons (Fsp3) is 0.455. The number of rotatable bonds is 5. The number of aryl methyl sites for hydroxylation is 2. The molecule has 0 bridgehead atoms. The lowest BCUT2D eigenvalue weighted by molar-refractivity contribution is -0.123. The fourth-order valence-electron chi connectivity index (χ4n) is 1.17. The van der Waals surface area contributed by atoms with E-state index in [1.807, 2.05) is 20.8 Å². The van der Waals surface area contributed by atoms with Crippen LogP contribution in [-0.4, -0.2) is 34.1 Å². The van der Waals surface area contributed by atoms with Crippen LogP contribution >= 0.6 is 11.8 Å². The summed E-state index contributed by atoms with van der Waals surface area (Å²) >= 11 is 1.23. The van der Waals surface area contributed by atoms with Crippen LogP contribution in [-0.2, 0) is 9.59 Å². The van der Waals surface area contributed by atoms with E-state index in [2.05, 4.69) is 15.3 Å². The van der Waals surface area contributed by atoms with Gasteiger partial charge in [0, 0.05) is 11.4 Å². The Morgan fingerprint density at radius 3 is 2.28 bits per heavy atom. The molecule has 2 amide bonds. The van der Waals surface area contributed by atoms with E-state index < -0.39 is 5.91 Å². The Labute approximate surface area is 110 Å². The molecule has 0 unspecified atom stereocenters. The van der Waals surface area contributed by atoms with Crippen LogP contribution in [0, 0.1) is 20.8 Å². The lowest BCUT2D eigenvalue weighted by atomic mass is 10.2. The van der Waals surface area contributed by atoms with Crippen molar-refractivity contribution in [3.8, 4) is 0 Å². The summed E-state index contributed by atoms with van der Waals surface area (Å²) in [4.78, 5) is 30.4. The zero-order chi connectivity index (χ0) is 13.7. The highest BCUT2D eigenvalue weighted by molar-refractivity contribution is 7.99. The van der Waals surface area contributed by atoms with Crippen molar-refractivity contribution in [2.24, 2.45) is 5.73 Å². The van der Waals surface area contributed by atoms with Crippen molar-refractivity contribution in [2.75, 3.05) is 12.3 Å². The molecule has 0 fully saturated rings. The topological polar surface area (TPSA) is 98.0 Å². The van der Waals surface area contributed by atoms with Gasteiger partial charge in [0.1, 0.15) is 0 Å². The van der Waals surface area contributed by atoms with Crippen LogP contribution in [0.15, 0.2) is 5.16 Å². The van der Waals surface area contributed by atoms with Crippen molar-refractivity contribution in [1.29, 1.82) is 0 Å². The molecule has 0 aliphatic rings. The first-order valence-electron chi connectivity index (χ1n) is 5.39. The first-order valence-corrected chi connectivity index (χ1v) is 6.38. The normalized spacial score (nSPS) is 10.2. The number of hydrogen-bond acceptors (Lipinski definition) is 5. The van der Waals surface area contributed by atoms with Gasteiger partial charge in [-0.05, 0) is 26.3 Å². The maximum atomic E-state index is 11.4. The summed E-state index contributed by atoms with van der Waals surface area (Å²) in [6.07, 6.45) is 0. The van der Waals surface area contributed by atoms with Gasteiger partial charge in [0.05, 0.1) is 12.3 Å². The van der Waals surface area contributed by atoms with Gasteiger partial charge in [-0.1, -0.05) is 11.8 Å². The predicted octanol–water partition coefficient (Wildman–Crippen LogP) is 0.0955. The van der Waals surface area contributed by atoms with Crippen molar-refractivity contribution < 1.29 is 9.59 Å². The summed E-state index contributed by atoms with van der Waals surface area (Å²) in [5, 5.41) is 2.96. The van der Waals surface area contributed by atoms with Crippen LogP contribution < -0.4 is 11.1 Å². The second-order valence-corrected chi connectivity index (χ2v) is 4.78. The van der Waals surface area contributed by atoms with Crippen LogP contribution in [0.1, 0.15) is 17.0 Å². The second kappa shape index (κ2) is 6.34. The SMILES string of the molecule is Cc1nc(SCC(=O)NCC(N)=O)nc(C)c1C. The first kappa shape index (κ1) is 14.4. The number of aromatic nitrogens is 2. The largest absolute Gasteiger partial charge is 0.368 e. The highest BCUT2D eigenvalue weighted by atomic mass is 32.2. The minimum Gasteiger partial charge on any atom is -0.368 e. The Bertz CT molecular complexity index is 453. The lowest BCUT2D eigenvalue weighted by Gasteiger charge is -2.06. The van der Waals surface area contributed by atoms with Gasteiger partial charge < -0.3 is 11.1 Å². The van der Waals surface area contributed by atoms with E-state index in [0.717, 1.165) is 17.0 Å². The molecule has 1 rings (SSSR count). The van der Waals surface area contributed by atoms with Gasteiger partial charge in [-0.25, -0.2) is 9.97 Å². The van der Waals surface area contributed by atoms with Crippen molar-refractivity contribution in [3.63, 3.8) is 0 Å². The van der Waals surface area contributed by atoms with Crippen LogP contribution in [0.3, 0.4) is 0 Å². The third-order valence-electron chi connectivity index (χ3n) is 2.40. The molecule has 0 radical (unpaired) electrons. The number of nitrogens with one attached hydrogen (secondary N) is 1. The molecule has 98 valence electrons. The van der Waals surface area contributed by atoms with E-state index in [0.29, 0.717) is 5.16 Å². The summed E-state index contributed by atoms with van der Waals surface area (Å²) in [5.41, 5.74) is 7.78. The maximum Gasteiger partial charge on any atom is 0.236 e. The highest BCUT2D eigenvalue weighted by Crippen LogP contribution is 2.16. The maximum absolute atomic E-state index is 11.4. The van der Waals surface area contributed by atoms with E-state index in [9.17, 15) is 9.59 Å². The standard InChI is InChI=1S/C11H16N4O2S/c1-6-7(2)14-11(15-8(6)3)18-5-10(17)13-4-9(12)16/h4-5H2,1-3H3,(H2,12,16)(H,13,17). The summed E-state index contributed by atoms with van der Waals surface area (Å²) in [7, 11) is 0. The third-order valence-corrected chi connectivity index (χ3v) is 3.25. The van der Waals surface area contributed by atoms with Gasteiger partial charge in [-0.2, -0.15) is 0 Å². The average Bonchev–Trinajstić information content (AvgIpc) is 2.30. The molecule has 3 N–H and O–H groups in total. The Balaban J connectivity index is 2.53. The van der Waals surface area contributed by atoms with Crippen molar-refractivity contribution in [3.05, 3.63) is 17.0 Å². The zero-order valence-corrected chi connectivity index (χ0v) is 11.4. The monoisotopic (exact) mass is 268 g/mol. The minimum atomic E-state index is -0.563. The molecule has 1 aromatic rings. The Morgan fingerprint density at radius 1 is 1.22 bits per heavy atom. The number of thioether (sulfide) groups is 1. The molecular formula is C11H16N4O2S.